The molecule has 0 bridgehead atoms. The normalized spacial score (nSPS) is 16.9. The van der Waals surface area contributed by atoms with Gasteiger partial charge in [-0.2, -0.15) is 0 Å². The first-order chi connectivity index (χ1) is 7.91. The van der Waals surface area contributed by atoms with Crippen molar-refractivity contribution in [3.63, 3.8) is 0 Å². The fourth-order valence-electron chi connectivity index (χ4n) is 1.55. The van der Waals surface area contributed by atoms with E-state index in [-0.39, 0.29) is 18.2 Å². The van der Waals surface area contributed by atoms with Gasteiger partial charge in [0.2, 0.25) is 0 Å². The number of hydrogen-bond acceptors (Lipinski definition) is 2. The smallest absolute Gasteiger partial charge is 0.0976 e. The van der Waals surface area contributed by atoms with Crippen LogP contribution in [0.25, 0.3) is 0 Å². The summed E-state index contributed by atoms with van der Waals surface area (Å²) in [5.41, 5.74) is 7.08. The summed E-state index contributed by atoms with van der Waals surface area (Å²) >= 11 is 5.88. The van der Waals surface area contributed by atoms with Crippen LogP contribution in [-0.2, 0) is 4.74 Å². The van der Waals surface area contributed by atoms with Gasteiger partial charge >= 0.3 is 0 Å². The number of benzene rings is 1. The van der Waals surface area contributed by atoms with Gasteiger partial charge in [-0.25, -0.2) is 0 Å². The molecule has 0 fully saturated rings. The van der Waals surface area contributed by atoms with Crippen molar-refractivity contribution >= 4 is 11.6 Å². The third-order valence-corrected chi connectivity index (χ3v) is 3.23. The van der Waals surface area contributed by atoms with E-state index in [2.05, 4.69) is 20.8 Å². The van der Waals surface area contributed by atoms with Crippen LogP contribution in [0, 0.1) is 5.92 Å². The molecule has 0 saturated carbocycles. The molecule has 0 heterocycles. The number of halogens is 1. The third kappa shape index (κ3) is 4.30. The second-order valence-electron chi connectivity index (χ2n) is 4.92. The molecule has 3 atom stereocenters. The van der Waals surface area contributed by atoms with Crippen molar-refractivity contribution in [3.05, 3.63) is 34.9 Å². The van der Waals surface area contributed by atoms with Crippen molar-refractivity contribution in [1.82, 2.24) is 0 Å². The highest BCUT2D eigenvalue weighted by Crippen LogP contribution is 2.25. The molecule has 0 aromatic heterocycles. The van der Waals surface area contributed by atoms with E-state index in [1.807, 2.05) is 31.2 Å². The van der Waals surface area contributed by atoms with Gasteiger partial charge in [0, 0.05) is 11.1 Å². The van der Waals surface area contributed by atoms with Crippen LogP contribution in [0.5, 0.6) is 0 Å². The summed E-state index contributed by atoms with van der Waals surface area (Å²) in [6.45, 7) is 8.33. The second-order valence-corrected chi connectivity index (χ2v) is 5.35. The molecule has 17 heavy (non-hydrogen) atoms. The Morgan fingerprint density at radius 2 is 1.59 bits per heavy atom. The van der Waals surface area contributed by atoms with Gasteiger partial charge in [0.05, 0.1) is 12.2 Å². The quantitative estimate of drug-likeness (QED) is 0.869. The zero-order valence-electron chi connectivity index (χ0n) is 11.0. The summed E-state index contributed by atoms with van der Waals surface area (Å²) in [5, 5.41) is 0.731. The fourth-order valence-corrected chi connectivity index (χ4v) is 1.67. The lowest BCUT2D eigenvalue weighted by Gasteiger charge is -2.27. The van der Waals surface area contributed by atoms with Crippen molar-refractivity contribution < 1.29 is 4.74 Å². The van der Waals surface area contributed by atoms with E-state index in [0.717, 1.165) is 10.6 Å². The van der Waals surface area contributed by atoms with Crippen LogP contribution in [0.3, 0.4) is 0 Å². The van der Waals surface area contributed by atoms with E-state index < -0.39 is 0 Å². The average molecular weight is 256 g/mol. The summed E-state index contributed by atoms with van der Waals surface area (Å²) in [4.78, 5) is 0. The van der Waals surface area contributed by atoms with Crippen molar-refractivity contribution in [2.24, 2.45) is 11.7 Å². The predicted octanol–water partition coefficient (Wildman–Crippen LogP) is 3.79. The molecule has 1 aromatic rings. The number of hydrogen-bond donors (Lipinski definition) is 1. The lowest BCUT2D eigenvalue weighted by Crippen LogP contribution is -2.31. The maximum Gasteiger partial charge on any atom is 0.0976 e. The van der Waals surface area contributed by atoms with Gasteiger partial charge in [-0.05, 0) is 37.5 Å². The SMILES string of the molecule is CC(C)C(C)OC(c1ccc(Cl)cc1)C(C)N. The molecular weight excluding hydrogens is 234 g/mol. The Kier molecular flexibility index (Phi) is 5.44. The van der Waals surface area contributed by atoms with Crippen LogP contribution >= 0.6 is 11.6 Å². The van der Waals surface area contributed by atoms with Gasteiger partial charge in [-0.1, -0.05) is 37.6 Å². The van der Waals surface area contributed by atoms with Gasteiger partial charge in [0.15, 0.2) is 0 Å². The lowest BCUT2D eigenvalue weighted by molar-refractivity contribution is -0.0363. The van der Waals surface area contributed by atoms with Crippen LogP contribution < -0.4 is 5.73 Å². The van der Waals surface area contributed by atoms with Gasteiger partial charge in [-0.15, -0.1) is 0 Å². The molecule has 0 amide bonds. The Balaban J connectivity index is 2.82. The molecule has 3 unspecified atom stereocenters. The minimum atomic E-state index is -0.0790. The first-order valence-electron chi connectivity index (χ1n) is 6.08. The summed E-state index contributed by atoms with van der Waals surface area (Å²) in [7, 11) is 0. The molecule has 2 N–H and O–H groups in total. The van der Waals surface area contributed by atoms with Crippen LogP contribution in [0.2, 0.25) is 5.02 Å². The zero-order chi connectivity index (χ0) is 13.0. The van der Waals surface area contributed by atoms with E-state index in [4.69, 9.17) is 22.1 Å². The highest BCUT2D eigenvalue weighted by molar-refractivity contribution is 6.30. The monoisotopic (exact) mass is 255 g/mol. The Morgan fingerprint density at radius 3 is 2.00 bits per heavy atom. The van der Waals surface area contributed by atoms with Crippen LogP contribution in [0.15, 0.2) is 24.3 Å². The van der Waals surface area contributed by atoms with Crippen LogP contribution in [0.4, 0.5) is 0 Å². The summed E-state index contributed by atoms with van der Waals surface area (Å²) in [6.07, 6.45) is 0.103. The number of nitrogens with two attached hydrogens (primary N) is 1. The number of ether oxygens (including phenoxy) is 1. The van der Waals surface area contributed by atoms with Crippen molar-refractivity contribution in [1.29, 1.82) is 0 Å². The van der Waals surface area contributed by atoms with Gasteiger partial charge in [-0.3, -0.25) is 0 Å². The third-order valence-electron chi connectivity index (χ3n) is 2.98. The van der Waals surface area contributed by atoms with E-state index >= 15 is 0 Å². The summed E-state index contributed by atoms with van der Waals surface area (Å²) in [5.74, 6) is 0.476. The standard InChI is InChI=1S/C14H22ClNO/c1-9(2)11(4)17-14(10(3)16)12-5-7-13(15)8-6-12/h5-11,14H,16H2,1-4H3. The Hall–Kier alpha value is -0.570. The van der Waals surface area contributed by atoms with Crippen LogP contribution in [-0.4, -0.2) is 12.1 Å². The van der Waals surface area contributed by atoms with Crippen LogP contribution in [0.1, 0.15) is 39.4 Å². The van der Waals surface area contributed by atoms with Crippen molar-refractivity contribution in [2.45, 2.75) is 45.9 Å². The highest BCUT2D eigenvalue weighted by atomic mass is 35.5. The second kappa shape index (κ2) is 6.39. The molecular formula is C14H22ClNO. The molecule has 0 aliphatic carbocycles. The zero-order valence-corrected chi connectivity index (χ0v) is 11.7. The molecule has 3 heteroatoms. The fraction of sp³-hybridized carbons (Fsp3) is 0.571. The Labute approximate surface area is 109 Å². The molecule has 0 radical (unpaired) electrons. The predicted molar refractivity (Wildman–Crippen MR) is 73.2 cm³/mol. The first kappa shape index (κ1) is 14.5. The van der Waals surface area contributed by atoms with E-state index in [9.17, 15) is 0 Å². The molecule has 0 spiro atoms. The molecule has 0 aliphatic rings. The molecule has 96 valence electrons. The Bertz CT molecular complexity index is 335. The molecule has 0 saturated heterocycles. The molecule has 1 rings (SSSR count). The maximum atomic E-state index is 6.03. The molecule has 1 aromatic carbocycles. The Morgan fingerprint density at radius 1 is 1.06 bits per heavy atom. The van der Waals surface area contributed by atoms with E-state index in [1.54, 1.807) is 0 Å². The maximum absolute atomic E-state index is 6.03. The van der Waals surface area contributed by atoms with E-state index in [1.165, 1.54) is 0 Å². The topological polar surface area (TPSA) is 35.2 Å². The lowest BCUT2D eigenvalue weighted by atomic mass is 10.0. The first-order valence-corrected chi connectivity index (χ1v) is 6.46. The van der Waals surface area contributed by atoms with Gasteiger partial charge in [0.25, 0.3) is 0 Å². The van der Waals surface area contributed by atoms with E-state index in [0.29, 0.717) is 5.92 Å². The van der Waals surface area contributed by atoms with Gasteiger partial charge in [0.1, 0.15) is 0 Å². The van der Waals surface area contributed by atoms with Gasteiger partial charge < -0.3 is 10.5 Å². The van der Waals surface area contributed by atoms with Crippen molar-refractivity contribution in [2.75, 3.05) is 0 Å². The minimum absolute atomic E-state index is 0.0441. The number of rotatable bonds is 5. The average Bonchev–Trinajstić information content (AvgIpc) is 2.26. The van der Waals surface area contributed by atoms with Crippen molar-refractivity contribution in [3.8, 4) is 0 Å². The largest absolute Gasteiger partial charge is 0.369 e. The summed E-state index contributed by atoms with van der Waals surface area (Å²) < 4.78 is 6.03. The minimum Gasteiger partial charge on any atom is -0.369 e. The summed E-state index contributed by atoms with van der Waals surface area (Å²) in [6, 6.07) is 7.65. The highest BCUT2D eigenvalue weighted by Gasteiger charge is 2.21. The molecule has 0 aliphatic heterocycles. The molecule has 2 nitrogen and oxygen atoms in total.